The van der Waals surface area contributed by atoms with Crippen LogP contribution in [0.1, 0.15) is 0 Å². The monoisotopic (exact) mass is 238 g/mol. The number of carboxylic acid groups (broad SMARTS) is 1. The Morgan fingerprint density at radius 3 is 2.29 bits per heavy atom. The van der Waals surface area contributed by atoms with Gasteiger partial charge in [-0.2, -0.15) is 0 Å². The summed E-state index contributed by atoms with van der Waals surface area (Å²) in [5, 5.41) is 18.0. The van der Waals surface area contributed by atoms with E-state index in [1.807, 2.05) is 0 Å². The number of carbonyl (C=O) groups excluding carboxylic acids is 1. The van der Waals surface area contributed by atoms with E-state index in [1.54, 1.807) is 30.3 Å². The first-order valence-corrected chi connectivity index (χ1v) is 5.02. The molecule has 0 aliphatic carbocycles. The maximum absolute atomic E-state index is 11.6. The lowest BCUT2D eigenvalue weighted by Gasteiger charge is -2.27. The SMILES string of the molecule is NCC(=O)N(c1ccccc1)[C@@H](CO)C(=O)O. The fourth-order valence-corrected chi connectivity index (χ4v) is 1.45. The molecular formula is C11H14N2O4. The Morgan fingerprint density at radius 1 is 1.29 bits per heavy atom. The van der Waals surface area contributed by atoms with E-state index in [2.05, 4.69) is 0 Å². The molecule has 0 unspecified atom stereocenters. The predicted molar refractivity (Wildman–Crippen MR) is 61.5 cm³/mol. The Balaban J connectivity index is 3.12. The Bertz CT molecular complexity index is 394. The Morgan fingerprint density at radius 2 is 1.88 bits per heavy atom. The van der Waals surface area contributed by atoms with Crippen LogP contribution < -0.4 is 10.6 Å². The molecule has 1 amide bonds. The van der Waals surface area contributed by atoms with Crippen LogP contribution in [0.4, 0.5) is 5.69 Å². The molecule has 0 saturated heterocycles. The van der Waals surface area contributed by atoms with Crippen LogP contribution >= 0.6 is 0 Å². The molecular weight excluding hydrogens is 224 g/mol. The summed E-state index contributed by atoms with van der Waals surface area (Å²) in [5.74, 6) is -1.84. The van der Waals surface area contributed by atoms with E-state index in [9.17, 15) is 9.59 Å². The second-order valence-electron chi connectivity index (χ2n) is 3.34. The van der Waals surface area contributed by atoms with Gasteiger partial charge in [0.2, 0.25) is 5.91 Å². The topological polar surface area (TPSA) is 104 Å². The van der Waals surface area contributed by atoms with Crippen molar-refractivity contribution in [2.24, 2.45) is 5.73 Å². The molecule has 0 aromatic heterocycles. The number of hydrogen-bond donors (Lipinski definition) is 3. The van der Waals surface area contributed by atoms with Crippen molar-refractivity contribution in [2.75, 3.05) is 18.1 Å². The zero-order valence-corrected chi connectivity index (χ0v) is 9.11. The first kappa shape index (κ1) is 13.1. The molecule has 0 fully saturated rings. The van der Waals surface area contributed by atoms with Gasteiger partial charge in [0.15, 0.2) is 6.04 Å². The van der Waals surface area contributed by atoms with Crippen molar-refractivity contribution in [1.82, 2.24) is 0 Å². The molecule has 0 heterocycles. The average molecular weight is 238 g/mol. The minimum absolute atomic E-state index is 0.321. The van der Waals surface area contributed by atoms with Gasteiger partial charge in [0.05, 0.1) is 13.2 Å². The summed E-state index contributed by atoms with van der Waals surface area (Å²) >= 11 is 0. The van der Waals surface area contributed by atoms with Crippen LogP contribution in [0.25, 0.3) is 0 Å². The normalized spacial score (nSPS) is 11.9. The summed E-state index contributed by atoms with van der Waals surface area (Å²) in [6.45, 7) is -0.991. The van der Waals surface area contributed by atoms with E-state index in [0.717, 1.165) is 4.90 Å². The molecule has 1 rings (SSSR count). The fourth-order valence-electron chi connectivity index (χ4n) is 1.45. The number of aliphatic carboxylic acids is 1. The number of nitrogens with zero attached hydrogens (tertiary/aromatic N) is 1. The van der Waals surface area contributed by atoms with Crippen molar-refractivity contribution >= 4 is 17.6 Å². The molecule has 0 saturated carbocycles. The number of para-hydroxylation sites is 1. The van der Waals surface area contributed by atoms with Crippen LogP contribution in [0.2, 0.25) is 0 Å². The molecule has 17 heavy (non-hydrogen) atoms. The predicted octanol–water partition coefficient (Wildman–Crippen LogP) is -0.576. The van der Waals surface area contributed by atoms with Gasteiger partial charge in [0.1, 0.15) is 0 Å². The van der Waals surface area contributed by atoms with E-state index in [0.29, 0.717) is 5.69 Å². The smallest absolute Gasteiger partial charge is 0.329 e. The third-order valence-electron chi connectivity index (χ3n) is 2.25. The standard InChI is InChI=1S/C11H14N2O4/c12-6-10(15)13(9(7-14)11(16)17)8-4-2-1-3-5-8/h1-5,9,14H,6-7,12H2,(H,16,17)/t9-/m0/s1. The van der Waals surface area contributed by atoms with Gasteiger partial charge in [-0.1, -0.05) is 18.2 Å². The zero-order chi connectivity index (χ0) is 12.8. The number of amides is 1. The first-order valence-electron chi connectivity index (χ1n) is 5.02. The summed E-state index contributed by atoms with van der Waals surface area (Å²) in [5.41, 5.74) is 5.63. The molecule has 0 aliphatic heterocycles. The number of nitrogens with two attached hydrogens (primary N) is 1. The van der Waals surface area contributed by atoms with Gasteiger partial charge in [-0.3, -0.25) is 9.69 Å². The molecule has 0 radical (unpaired) electrons. The minimum atomic E-state index is -1.33. The van der Waals surface area contributed by atoms with Crippen molar-refractivity contribution < 1.29 is 19.8 Å². The summed E-state index contributed by atoms with van der Waals surface area (Å²) < 4.78 is 0. The number of rotatable bonds is 5. The van der Waals surface area contributed by atoms with Crippen LogP contribution in [-0.4, -0.2) is 41.3 Å². The highest BCUT2D eigenvalue weighted by Gasteiger charge is 2.29. The molecule has 4 N–H and O–H groups in total. The average Bonchev–Trinajstić information content (AvgIpc) is 2.35. The third kappa shape index (κ3) is 3.02. The maximum Gasteiger partial charge on any atom is 0.329 e. The van der Waals surface area contributed by atoms with E-state index in [1.165, 1.54) is 0 Å². The summed E-state index contributed by atoms with van der Waals surface area (Å²) in [7, 11) is 0. The first-order chi connectivity index (χ1) is 8.11. The van der Waals surface area contributed by atoms with Gasteiger partial charge < -0.3 is 15.9 Å². The van der Waals surface area contributed by atoms with Crippen LogP contribution in [0.15, 0.2) is 30.3 Å². The van der Waals surface area contributed by atoms with E-state index >= 15 is 0 Å². The largest absolute Gasteiger partial charge is 0.480 e. The van der Waals surface area contributed by atoms with Crippen molar-refractivity contribution in [3.8, 4) is 0 Å². The molecule has 1 atom stereocenters. The van der Waals surface area contributed by atoms with Crippen LogP contribution in [0.5, 0.6) is 0 Å². The van der Waals surface area contributed by atoms with Gasteiger partial charge in [0, 0.05) is 5.69 Å². The zero-order valence-electron chi connectivity index (χ0n) is 9.11. The number of carboxylic acids is 1. The van der Waals surface area contributed by atoms with E-state index in [-0.39, 0.29) is 6.54 Å². The van der Waals surface area contributed by atoms with Crippen molar-refractivity contribution in [1.29, 1.82) is 0 Å². The van der Waals surface area contributed by atoms with E-state index < -0.39 is 24.5 Å². The highest BCUT2D eigenvalue weighted by Crippen LogP contribution is 2.16. The van der Waals surface area contributed by atoms with Gasteiger partial charge in [-0.05, 0) is 12.1 Å². The molecule has 6 nitrogen and oxygen atoms in total. The van der Waals surface area contributed by atoms with Gasteiger partial charge in [-0.15, -0.1) is 0 Å². The number of benzene rings is 1. The highest BCUT2D eigenvalue weighted by molar-refractivity contribution is 6.00. The van der Waals surface area contributed by atoms with Crippen LogP contribution in [0, 0.1) is 0 Å². The minimum Gasteiger partial charge on any atom is -0.480 e. The lowest BCUT2D eigenvalue weighted by atomic mass is 10.2. The maximum atomic E-state index is 11.6. The van der Waals surface area contributed by atoms with E-state index in [4.69, 9.17) is 15.9 Å². The molecule has 0 bridgehead atoms. The second-order valence-corrected chi connectivity index (χ2v) is 3.34. The number of carbonyl (C=O) groups is 2. The van der Waals surface area contributed by atoms with Crippen molar-refractivity contribution in [3.05, 3.63) is 30.3 Å². The molecule has 0 aliphatic rings. The number of hydrogen-bond acceptors (Lipinski definition) is 4. The van der Waals surface area contributed by atoms with Gasteiger partial charge in [0.25, 0.3) is 0 Å². The molecule has 1 aromatic rings. The molecule has 6 heteroatoms. The summed E-state index contributed by atoms with van der Waals surface area (Å²) in [6.07, 6.45) is 0. The van der Waals surface area contributed by atoms with Crippen LogP contribution in [-0.2, 0) is 9.59 Å². The molecule has 0 spiro atoms. The summed E-state index contributed by atoms with van der Waals surface area (Å²) in [6, 6.07) is 6.92. The Kier molecular flexibility index (Phi) is 4.62. The number of aliphatic hydroxyl groups is 1. The quantitative estimate of drug-likeness (QED) is 0.637. The number of aliphatic hydroxyl groups excluding tert-OH is 1. The highest BCUT2D eigenvalue weighted by atomic mass is 16.4. The number of anilines is 1. The molecule has 92 valence electrons. The molecule has 1 aromatic carbocycles. The van der Waals surface area contributed by atoms with Gasteiger partial charge >= 0.3 is 5.97 Å². The third-order valence-corrected chi connectivity index (χ3v) is 2.25. The lowest BCUT2D eigenvalue weighted by molar-refractivity contribution is -0.141. The van der Waals surface area contributed by atoms with Crippen LogP contribution in [0.3, 0.4) is 0 Å². The second kappa shape index (κ2) is 5.97. The van der Waals surface area contributed by atoms with Gasteiger partial charge in [-0.25, -0.2) is 4.79 Å². The van der Waals surface area contributed by atoms with Crippen molar-refractivity contribution in [3.63, 3.8) is 0 Å². The Labute approximate surface area is 98.3 Å². The Hall–Kier alpha value is -1.92. The lowest BCUT2D eigenvalue weighted by Crippen LogP contribution is -2.49. The summed E-state index contributed by atoms with van der Waals surface area (Å²) in [4.78, 5) is 23.6. The van der Waals surface area contributed by atoms with Crippen molar-refractivity contribution in [2.45, 2.75) is 6.04 Å². The fraction of sp³-hybridized carbons (Fsp3) is 0.273.